The molecule has 5 heteroatoms. The van der Waals surface area contributed by atoms with Gasteiger partial charge in [-0.05, 0) is 92.3 Å². The van der Waals surface area contributed by atoms with Crippen molar-refractivity contribution < 1.29 is 23.9 Å². The van der Waals surface area contributed by atoms with Gasteiger partial charge in [-0.2, -0.15) is 0 Å². The van der Waals surface area contributed by atoms with Crippen LogP contribution in [0.2, 0.25) is 0 Å². The zero-order valence-electron chi connectivity index (χ0n) is 19.1. The third-order valence-electron chi connectivity index (χ3n) is 9.76. The predicted octanol–water partition coefficient (Wildman–Crippen LogP) is 4.71. The van der Waals surface area contributed by atoms with Crippen molar-refractivity contribution in [3.63, 3.8) is 0 Å². The summed E-state index contributed by atoms with van der Waals surface area (Å²) in [5.74, 6) is 2.29. The lowest BCUT2D eigenvalue weighted by Gasteiger charge is -2.61. The van der Waals surface area contributed by atoms with Gasteiger partial charge < -0.3 is 9.47 Å². The maximum atomic E-state index is 12.9. The van der Waals surface area contributed by atoms with Crippen LogP contribution in [0.15, 0.2) is 0 Å². The summed E-state index contributed by atoms with van der Waals surface area (Å²) in [7, 11) is 0. The number of carbonyl (C=O) groups excluding carboxylic acids is 3. The van der Waals surface area contributed by atoms with Crippen LogP contribution in [0.1, 0.15) is 85.5 Å². The molecule has 0 heterocycles. The van der Waals surface area contributed by atoms with E-state index >= 15 is 0 Å². The van der Waals surface area contributed by atoms with E-state index in [0.717, 1.165) is 44.4 Å². The first-order chi connectivity index (χ1) is 14.1. The first-order valence-corrected chi connectivity index (χ1v) is 12.0. The molecule has 5 nitrogen and oxygen atoms in total. The smallest absolute Gasteiger partial charge is 0.303 e. The molecule has 8 atom stereocenters. The van der Waals surface area contributed by atoms with Gasteiger partial charge in [0.05, 0.1) is 0 Å². The van der Waals surface area contributed by atoms with E-state index in [0.29, 0.717) is 23.2 Å². The molecule has 0 amide bonds. The molecule has 0 saturated heterocycles. The summed E-state index contributed by atoms with van der Waals surface area (Å²) >= 11 is 0. The Bertz CT molecular complexity index is 716. The highest BCUT2D eigenvalue weighted by molar-refractivity contribution is 5.85. The summed E-state index contributed by atoms with van der Waals surface area (Å²) in [6.45, 7) is 7.66. The molecule has 30 heavy (non-hydrogen) atoms. The van der Waals surface area contributed by atoms with E-state index in [-0.39, 0.29) is 41.8 Å². The molecule has 0 aromatic carbocycles. The number of Topliss-reactive ketones (excluding diaryl/α,β-unsaturated/α-hetero) is 1. The van der Waals surface area contributed by atoms with Crippen molar-refractivity contribution in [3.05, 3.63) is 0 Å². The zero-order chi connectivity index (χ0) is 21.7. The second-order valence-corrected chi connectivity index (χ2v) is 11.1. The summed E-state index contributed by atoms with van der Waals surface area (Å²) in [5.41, 5.74) is 0.386. The Morgan fingerprint density at radius 2 is 1.53 bits per heavy atom. The number of ketones is 1. The van der Waals surface area contributed by atoms with Gasteiger partial charge >= 0.3 is 11.9 Å². The summed E-state index contributed by atoms with van der Waals surface area (Å²) in [6.07, 6.45) is 10.1. The van der Waals surface area contributed by atoms with E-state index in [4.69, 9.17) is 9.47 Å². The van der Waals surface area contributed by atoms with Crippen molar-refractivity contribution in [1.29, 1.82) is 0 Å². The first kappa shape index (κ1) is 21.8. The molecule has 0 N–H and O–H groups in total. The Morgan fingerprint density at radius 1 is 0.833 bits per heavy atom. The number of hydrogen-bond acceptors (Lipinski definition) is 5. The summed E-state index contributed by atoms with van der Waals surface area (Å²) < 4.78 is 10.6. The van der Waals surface area contributed by atoms with Gasteiger partial charge in [0.1, 0.15) is 12.7 Å². The number of ether oxygens (including phenoxy) is 2. The van der Waals surface area contributed by atoms with Crippen molar-refractivity contribution in [3.8, 4) is 0 Å². The van der Waals surface area contributed by atoms with Crippen LogP contribution in [0.25, 0.3) is 0 Å². The highest BCUT2D eigenvalue weighted by Crippen LogP contribution is 2.67. The van der Waals surface area contributed by atoms with Crippen LogP contribution in [-0.4, -0.2) is 30.4 Å². The molecule has 0 unspecified atom stereocenters. The van der Waals surface area contributed by atoms with Crippen LogP contribution in [0.5, 0.6) is 0 Å². The van der Waals surface area contributed by atoms with Gasteiger partial charge in [-0.3, -0.25) is 14.4 Å². The van der Waals surface area contributed by atoms with Crippen LogP contribution >= 0.6 is 0 Å². The number of rotatable bonds is 4. The number of carbonyl (C=O) groups is 3. The van der Waals surface area contributed by atoms with Crippen molar-refractivity contribution in [1.82, 2.24) is 0 Å². The minimum Gasteiger partial charge on any atom is -0.463 e. The number of esters is 2. The summed E-state index contributed by atoms with van der Waals surface area (Å²) in [4.78, 5) is 35.5. The fourth-order valence-corrected chi connectivity index (χ4v) is 8.36. The van der Waals surface area contributed by atoms with Crippen LogP contribution in [0, 0.1) is 40.4 Å². The second kappa shape index (κ2) is 7.94. The molecule has 4 fully saturated rings. The minimum atomic E-state index is -0.373. The Balaban J connectivity index is 1.48. The predicted molar refractivity (Wildman–Crippen MR) is 112 cm³/mol. The molecule has 4 aliphatic rings. The quantitative estimate of drug-likeness (QED) is 0.619. The average molecular weight is 419 g/mol. The van der Waals surface area contributed by atoms with Gasteiger partial charge in [0.25, 0.3) is 0 Å². The Hall–Kier alpha value is -1.39. The fraction of sp³-hybridized carbons (Fsp3) is 0.880. The summed E-state index contributed by atoms with van der Waals surface area (Å²) in [5, 5.41) is 0. The average Bonchev–Trinajstić information content (AvgIpc) is 3.03. The second-order valence-electron chi connectivity index (χ2n) is 11.1. The van der Waals surface area contributed by atoms with E-state index in [1.807, 2.05) is 0 Å². The highest BCUT2D eigenvalue weighted by Gasteiger charge is 2.61. The standard InChI is InChI=1S/C25H38O5/c1-15(26)29-14-23(28)22-8-7-20-19-6-5-17-13-18(30-16(2)27)9-11-24(17,3)21(19)10-12-25(20,22)4/h17-22H,5-14H2,1-4H3/t17-,18-,19+,20-,21-,22+,24+,25-/m1/s1. The SMILES string of the molecule is CC(=O)OCC(=O)[C@@H]1CC[C@@H]2[C@@H]3CC[C@@H]4C[C@H](OC(C)=O)CC[C@]4(C)[C@@H]3CC[C@]21C. The van der Waals surface area contributed by atoms with Crippen LogP contribution in [0.4, 0.5) is 0 Å². The molecule has 168 valence electrons. The van der Waals surface area contributed by atoms with Gasteiger partial charge in [0, 0.05) is 19.8 Å². The Morgan fingerprint density at radius 3 is 2.23 bits per heavy atom. The monoisotopic (exact) mass is 418 g/mol. The van der Waals surface area contributed by atoms with Gasteiger partial charge in [-0.25, -0.2) is 0 Å². The van der Waals surface area contributed by atoms with Gasteiger partial charge in [-0.1, -0.05) is 13.8 Å². The largest absolute Gasteiger partial charge is 0.463 e. The van der Waals surface area contributed by atoms with Gasteiger partial charge in [-0.15, -0.1) is 0 Å². The highest BCUT2D eigenvalue weighted by atomic mass is 16.5. The number of hydrogen-bond donors (Lipinski definition) is 0. The van der Waals surface area contributed by atoms with Crippen molar-refractivity contribution >= 4 is 17.7 Å². The van der Waals surface area contributed by atoms with E-state index in [1.54, 1.807) is 0 Å². The summed E-state index contributed by atoms with van der Waals surface area (Å²) in [6, 6.07) is 0. The zero-order valence-corrected chi connectivity index (χ0v) is 19.1. The van der Waals surface area contributed by atoms with Crippen molar-refractivity contribution in [2.24, 2.45) is 40.4 Å². The molecular weight excluding hydrogens is 380 g/mol. The lowest BCUT2D eigenvalue weighted by Crippen LogP contribution is -2.54. The maximum absolute atomic E-state index is 12.9. The Kier molecular flexibility index (Phi) is 5.78. The van der Waals surface area contributed by atoms with Gasteiger partial charge in [0.2, 0.25) is 0 Å². The third-order valence-corrected chi connectivity index (χ3v) is 9.76. The molecule has 4 aliphatic carbocycles. The molecule has 0 bridgehead atoms. The van der Waals surface area contributed by atoms with E-state index in [1.165, 1.54) is 33.1 Å². The van der Waals surface area contributed by atoms with Crippen LogP contribution < -0.4 is 0 Å². The molecule has 4 rings (SSSR count). The maximum Gasteiger partial charge on any atom is 0.303 e. The molecule has 0 aromatic heterocycles. The fourth-order valence-electron chi connectivity index (χ4n) is 8.36. The molecule has 0 aromatic rings. The molecule has 0 spiro atoms. The van der Waals surface area contributed by atoms with Crippen LogP contribution in [0.3, 0.4) is 0 Å². The van der Waals surface area contributed by atoms with E-state index in [2.05, 4.69) is 13.8 Å². The lowest BCUT2D eigenvalue weighted by atomic mass is 9.44. The third kappa shape index (κ3) is 3.60. The molecule has 0 radical (unpaired) electrons. The number of fused-ring (bicyclic) bond motifs is 5. The van der Waals surface area contributed by atoms with Crippen LogP contribution in [-0.2, 0) is 23.9 Å². The topological polar surface area (TPSA) is 69.7 Å². The lowest BCUT2D eigenvalue weighted by molar-refractivity contribution is -0.161. The minimum absolute atomic E-state index is 0.0352. The van der Waals surface area contributed by atoms with Crippen molar-refractivity contribution in [2.75, 3.05) is 6.61 Å². The normalized spacial score (nSPS) is 44.9. The molecular formula is C25H38O5. The first-order valence-electron chi connectivity index (χ1n) is 12.0. The van der Waals surface area contributed by atoms with Crippen molar-refractivity contribution in [2.45, 2.75) is 91.6 Å². The molecule has 4 saturated carbocycles. The van der Waals surface area contributed by atoms with E-state index < -0.39 is 0 Å². The van der Waals surface area contributed by atoms with E-state index in [9.17, 15) is 14.4 Å². The Labute approximate surface area is 180 Å². The van der Waals surface area contributed by atoms with Gasteiger partial charge in [0.15, 0.2) is 5.78 Å². The molecule has 0 aliphatic heterocycles.